The number of halogens is 5. The highest BCUT2D eigenvalue weighted by molar-refractivity contribution is 5.93. The molecular formula is C20H19F5N6O3. The fourth-order valence-corrected chi connectivity index (χ4v) is 2.92. The predicted molar refractivity (Wildman–Crippen MR) is 108 cm³/mol. The summed E-state index contributed by atoms with van der Waals surface area (Å²) in [6.07, 6.45) is -7.43. The van der Waals surface area contributed by atoms with Crippen LogP contribution in [0.1, 0.15) is 23.0 Å². The van der Waals surface area contributed by atoms with Gasteiger partial charge in [-0.3, -0.25) is 9.48 Å². The first-order valence-corrected chi connectivity index (χ1v) is 9.65. The maximum Gasteiger partial charge on any atom is 0.422 e. The lowest BCUT2D eigenvalue weighted by Crippen LogP contribution is -2.62. The first-order chi connectivity index (χ1) is 15.8. The van der Waals surface area contributed by atoms with E-state index in [1.54, 1.807) is 6.07 Å². The van der Waals surface area contributed by atoms with Crippen LogP contribution in [0.25, 0.3) is 11.5 Å². The van der Waals surface area contributed by atoms with Gasteiger partial charge in [-0.05, 0) is 12.1 Å². The molecule has 2 aromatic heterocycles. The number of benzene rings is 1. The van der Waals surface area contributed by atoms with Gasteiger partial charge in [-0.25, -0.2) is 18.7 Å². The SMILES string of the molecule is CC(=O)c1cc(-c2ncc(F)c(NCC(O)(C(N)O)C(F)(F)F)n2)nn1Cc1ccccc1F. The molecule has 0 saturated carbocycles. The Balaban J connectivity index is 1.93. The van der Waals surface area contributed by atoms with Gasteiger partial charge in [-0.1, -0.05) is 18.2 Å². The second kappa shape index (κ2) is 9.40. The van der Waals surface area contributed by atoms with Gasteiger partial charge in [-0.2, -0.15) is 18.3 Å². The van der Waals surface area contributed by atoms with Crippen LogP contribution in [0.4, 0.5) is 27.8 Å². The van der Waals surface area contributed by atoms with Crippen LogP contribution in [0, 0.1) is 11.6 Å². The molecule has 2 atom stereocenters. The molecule has 2 unspecified atom stereocenters. The molecule has 5 N–H and O–H groups in total. The molecule has 3 rings (SSSR count). The maximum atomic E-state index is 14.1. The maximum absolute atomic E-state index is 14.1. The molecule has 0 fully saturated rings. The lowest BCUT2D eigenvalue weighted by Gasteiger charge is -2.32. The molecule has 34 heavy (non-hydrogen) atoms. The van der Waals surface area contributed by atoms with Crippen LogP contribution in [0.3, 0.4) is 0 Å². The van der Waals surface area contributed by atoms with E-state index in [1.165, 1.54) is 35.9 Å². The molecule has 2 heterocycles. The van der Waals surface area contributed by atoms with Gasteiger partial charge in [-0.15, -0.1) is 0 Å². The number of carbonyl (C=O) groups is 1. The number of ketones is 1. The van der Waals surface area contributed by atoms with E-state index in [0.717, 1.165) is 0 Å². The summed E-state index contributed by atoms with van der Waals surface area (Å²) in [7, 11) is 0. The minimum atomic E-state index is -5.34. The van der Waals surface area contributed by atoms with E-state index < -0.39 is 47.8 Å². The highest BCUT2D eigenvalue weighted by atomic mass is 19.4. The molecule has 0 aliphatic heterocycles. The summed E-state index contributed by atoms with van der Waals surface area (Å²) in [4.78, 5) is 19.5. The quantitative estimate of drug-likeness (QED) is 0.215. The van der Waals surface area contributed by atoms with E-state index in [-0.39, 0.29) is 29.3 Å². The average Bonchev–Trinajstić information content (AvgIpc) is 3.17. The number of carbonyl (C=O) groups excluding carboxylic acids is 1. The Bertz CT molecular complexity index is 1200. The second-order valence-electron chi connectivity index (χ2n) is 7.33. The second-order valence-corrected chi connectivity index (χ2v) is 7.33. The third kappa shape index (κ3) is 5.03. The molecule has 182 valence electrons. The first kappa shape index (κ1) is 25.1. The molecule has 0 amide bonds. The van der Waals surface area contributed by atoms with E-state index >= 15 is 0 Å². The van der Waals surface area contributed by atoms with Crippen molar-refractivity contribution in [1.29, 1.82) is 0 Å². The Morgan fingerprint density at radius 2 is 1.91 bits per heavy atom. The highest BCUT2D eigenvalue weighted by Gasteiger charge is 2.57. The van der Waals surface area contributed by atoms with Gasteiger partial charge < -0.3 is 21.3 Å². The van der Waals surface area contributed by atoms with E-state index in [2.05, 4.69) is 15.1 Å². The van der Waals surface area contributed by atoms with Crippen molar-refractivity contribution in [3.63, 3.8) is 0 Å². The van der Waals surface area contributed by atoms with Gasteiger partial charge in [0, 0.05) is 12.5 Å². The van der Waals surface area contributed by atoms with Crippen molar-refractivity contribution in [3.05, 3.63) is 59.4 Å². The molecular weight excluding hydrogens is 467 g/mol. The summed E-state index contributed by atoms with van der Waals surface area (Å²) >= 11 is 0. The van der Waals surface area contributed by atoms with Crippen LogP contribution in [-0.2, 0) is 6.54 Å². The highest BCUT2D eigenvalue weighted by Crippen LogP contribution is 2.32. The number of hydrogen-bond acceptors (Lipinski definition) is 8. The summed E-state index contributed by atoms with van der Waals surface area (Å²) in [5.74, 6) is -3.15. The molecule has 0 saturated heterocycles. The summed E-state index contributed by atoms with van der Waals surface area (Å²) in [6, 6.07) is 7.07. The fraction of sp³-hybridized carbons (Fsp3) is 0.300. The molecule has 0 spiro atoms. The number of alkyl halides is 3. The van der Waals surface area contributed by atoms with Crippen molar-refractivity contribution >= 4 is 11.6 Å². The van der Waals surface area contributed by atoms with E-state index in [4.69, 9.17) is 5.73 Å². The fourth-order valence-electron chi connectivity index (χ4n) is 2.92. The van der Waals surface area contributed by atoms with Crippen molar-refractivity contribution in [2.45, 2.75) is 31.5 Å². The molecule has 0 radical (unpaired) electrons. The number of hydrogen-bond donors (Lipinski definition) is 4. The number of rotatable bonds is 8. The predicted octanol–water partition coefficient (Wildman–Crippen LogP) is 1.85. The third-order valence-corrected chi connectivity index (χ3v) is 4.90. The Labute approximate surface area is 189 Å². The summed E-state index contributed by atoms with van der Waals surface area (Å²) in [6.45, 7) is -0.309. The van der Waals surface area contributed by atoms with Crippen LogP contribution < -0.4 is 11.1 Å². The van der Waals surface area contributed by atoms with Crippen molar-refractivity contribution in [2.24, 2.45) is 5.73 Å². The van der Waals surface area contributed by atoms with Crippen molar-refractivity contribution in [3.8, 4) is 11.5 Å². The minimum absolute atomic E-state index is 0.0467. The number of aliphatic hydroxyl groups excluding tert-OH is 1. The van der Waals surface area contributed by atoms with E-state index in [1.807, 2.05) is 5.32 Å². The van der Waals surface area contributed by atoms with Crippen LogP contribution in [-0.4, -0.2) is 60.3 Å². The zero-order valence-corrected chi connectivity index (χ0v) is 17.5. The summed E-state index contributed by atoms with van der Waals surface area (Å²) < 4.78 is 68.7. The van der Waals surface area contributed by atoms with Crippen LogP contribution in [0.5, 0.6) is 0 Å². The monoisotopic (exact) mass is 486 g/mol. The normalized spacial score (nSPS) is 14.5. The molecule has 0 aliphatic carbocycles. The Morgan fingerprint density at radius 1 is 1.24 bits per heavy atom. The van der Waals surface area contributed by atoms with Gasteiger partial charge in [0.1, 0.15) is 23.4 Å². The molecule has 3 aromatic rings. The largest absolute Gasteiger partial charge is 0.422 e. The van der Waals surface area contributed by atoms with Crippen LogP contribution in [0.15, 0.2) is 36.5 Å². The van der Waals surface area contributed by atoms with Gasteiger partial charge >= 0.3 is 6.18 Å². The van der Waals surface area contributed by atoms with Crippen molar-refractivity contribution in [1.82, 2.24) is 19.7 Å². The topological polar surface area (TPSA) is 139 Å². The number of nitrogens with zero attached hydrogens (tertiary/aromatic N) is 4. The molecule has 14 heteroatoms. The summed E-state index contributed by atoms with van der Waals surface area (Å²) in [5.41, 5.74) is 1.29. The lowest BCUT2D eigenvalue weighted by atomic mass is 10.0. The number of aliphatic hydroxyl groups is 2. The van der Waals surface area contributed by atoms with Gasteiger partial charge in [0.15, 0.2) is 23.2 Å². The Morgan fingerprint density at radius 3 is 2.50 bits per heavy atom. The van der Waals surface area contributed by atoms with Crippen molar-refractivity contribution < 1.29 is 37.0 Å². The molecule has 1 aromatic carbocycles. The zero-order valence-electron chi connectivity index (χ0n) is 17.5. The number of anilines is 1. The Hall–Kier alpha value is -3.49. The number of nitrogens with one attached hydrogen (secondary N) is 1. The number of nitrogens with two attached hydrogens (primary N) is 1. The third-order valence-electron chi connectivity index (χ3n) is 4.90. The standard InChI is InChI=1S/C20H19F5N6O3/c1-10(32)15-6-14(30-31(15)8-11-4-2-3-5-12(11)21)17-27-7-13(22)16(29-17)28-9-19(34,18(26)33)20(23,24)25/h2-7,18,33-34H,8-9,26H2,1H3,(H,27,28,29). The number of Topliss-reactive ketones (excluding diaryl/α,β-unsaturated/α-hetero) is 1. The van der Waals surface area contributed by atoms with Crippen LogP contribution in [0.2, 0.25) is 0 Å². The lowest BCUT2D eigenvalue weighted by molar-refractivity contribution is -0.283. The summed E-state index contributed by atoms with van der Waals surface area (Å²) in [5, 5.41) is 25.0. The first-order valence-electron chi connectivity index (χ1n) is 9.65. The molecule has 0 bridgehead atoms. The smallest absolute Gasteiger partial charge is 0.376 e. The zero-order chi connectivity index (χ0) is 25.3. The van der Waals surface area contributed by atoms with Gasteiger partial charge in [0.25, 0.3) is 0 Å². The van der Waals surface area contributed by atoms with E-state index in [0.29, 0.717) is 6.20 Å². The van der Waals surface area contributed by atoms with Gasteiger partial charge in [0.2, 0.25) is 5.60 Å². The van der Waals surface area contributed by atoms with Crippen molar-refractivity contribution in [2.75, 3.05) is 11.9 Å². The average molecular weight is 486 g/mol. The van der Waals surface area contributed by atoms with Crippen LogP contribution >= 0.6 is 0 Å². The molecule has 9 nitrogen and oxygen atoms in total. The van der Waals surface area contributed by atoms with Gasteiger partial charge in [0.05, 0.1) is 19.3 Å². The Kier molecular flexibility index (Phi) is 6.95. The number of aromatic nitrogens is 4. The van der Waals surface area contributed by atoms with E-state index in [9.17, 15) is 37.0 Å². The minimum Gasteiger partial charge on any atom is -0.376 e. The molecule has 0 aliphatic rings.